The lowest BCUT2D eigenvalue weighted by Gasteiger charge is -2.05. The Bertz CT molecular complexity index is 554. The van der Waals surface area contributed by atoms with Crippen LogP contribution in [-0.4, -0.2) is 9.97 Å². The summed E-state index contributed by atoms with van der Waals surface area (Å²) in [6, 6.07) is 7.74. The zero-order chi connectivity index (χ0) is 12.3. The van der Waals surface area contributed by atoms with E-state index in [2.05, 4.69) is 16.0 Å². The molecule has 0 saturated carbocycles. The molecule has 4 heteroatoms. The Hall–Kier alpha value is -2.15. The predicted octanol–water partition coefficient (Wildman–Crippen LogP) is 3.06. The maximum Gasteiger partial charge on any atom is 0.152 e. The van der Waals surface area contributed by atoms with Crippen molar-refractivity contribution >= 4 is 0 Å². The molecule has 0 aliphatic carbocycles. The van der Waals surface area contributed by atoms with Gasteiger partial charge in [-0.2, -0.15) is 5.26 Å². The van der Waals surface area contributed by atoms with Crippen LogP contribution in [0.1, 0.15) is 30.8 Å². The van der Waals surface area contributed by atoms with E-state index >= 15 is 0 Å². The highest BCUT2D eigenvalue weighted by molar-refractivity contribution is 5.51. The van der Waals surface area contributed by atoms with Gasteiger partial charge in [-0.25, -0.2) is 9.97 Å². The summed E-state index contributed by atoms with van der Waals surface area (Å²) < 4.78 is 5.50. The van der Waals surface area contributed by atoms with Crippen LogP contribution in [0.25, 0.3) is 11.5 Å². The minimum atomic E-state index is -0.258. The first-order chi connectivity index (χ1) is 8.24. The van der Waals surface area contributed by atoms with E-state index in [1.807, 2.05) is 26.0 Å². The van der Waals surface area contributed by atoms with Crippen molar-refractivity contribution in [3.63, 3.8) is 0 Å². The molecular weight excluding hydrogens is 214 g/mol. The Morgan fingerprint density at radius 3 is 2.82 bits per heavy atom. The first-order valence-electron chi connectivity index (χ1n) is 5.54. The van der Waals surface area contributed by atoms with Crippen LogP contribution in [0.2, 0.25) is 0 Å². The smallest absolute Gasteiger partial charge is 0.152 e. The number of hydrogen-bond acceptors (Lipinski definition) is 4. The van der Waals surface area contributed by atoms with Gasteiger partial charge in [-0.05, 0) is 31.5 Å². The number of rotatable bonds is 3. The van der Waals surface area contributed by atoms with Crippen molar-refractivity contribution in [1.29, 1.82) is 5.26 Å². The Labute approximate surface area is 99.9 Å². The number of nitrogens with zero attached hydrogens (tertiary/aromatic N) is 3. The molecule has 0 aliphatic rings. The zero-order valence-electron chi connectivity index (χ0n) is 9.84. The van der Waals surface area contributed by atoms with Gasteiger partial charge in [0.2, 0.25) is 0 Å². The molecule has 0 aromatic carbocycles. The highest BCUT2D eigenvalue weighted by atomic mass is 16.3. The van der Waals surface area contributed by atoms with E-state index in [9.17, 15) is 0 Å². The van der Waals surface area contributed by atoms with Crippen molar-refractivity contribution < 1.29 is 4.42 Å². The van der Waals surface area contributed by atoms with E-state index in [1.165, 1.54) is 0 Å². The second-order valence-electron chi connectivity index (χ2n) is 3.80. The maximum absolute atomic E-state index is 8.99. The average molecular weight is 227 g/mol. The Kier molecular flexibility index (Phi) is 3.20. The molecule has 4 nitrogen and oxygen atoms in total. The van der Waals surface area contributed by atoms with Gasteiger partial charge in [-0.15, -0.1) is 0 Å². The predicted molar refractivity (Wildman–Crippen MR) is 63.1 cm³/mol. The standard InChI is InChI=1S/C13H13N3O/c1-3-10(8-14)13-15-7-6-11(16-13)12-5-4-9(2)17-12/h4-7,10H,3H2,1-2H3. The number of furan rings is 1. The highest BCUT2D eigenvalue weighted by Gasteiger charge is 2.13. The number of aromatic nitrogens is 2. The van der Waals surface area contributed by atoms with Gasteiger partial charge < -0.3 is 4.42 Å². The first kappa shape index (κ1) is 11.3. The van der Waals surface area contributed by atoms with Gasteiger partial charge in [0, 0.05) is 6.20 Å². The first-order valence-corrected chi connectivity index (χ1v) is 5.54. The molecule has 2 aromatic rings. The van der Waals surface area contributed by atoms with Crippen LogP contribution in [0, 0.1) is 18.3 Å². The van der Waals surface area contributed by atoms with Crippen LogP contribution >= 0.6 is 0 Å². The van der Waals surface area contributed by atoms with Crippen molar-refractivity contribution in [3.05, 3.63) is 36.0 Å². The van der Waals surface area contributed by atoms with E-state index < -0.39 is 0 Å². The molecule has 2 rings (SSSR count). The number of aryl methyl sites for hydroxylation is 1. The van der Waals surface area contributed by atoms with Gasteiger partial charge in [0.05, 0.1) is 6.07 Å². The molecule has 0 radical (unpaired) electrons. The topological polar surface area (TPSA) is 62.7 Å². The molecule has 1 unspecified atom stereocenters. The zero-order valence-corrected chi connectivity index (χ0v) is 9.84. The lowest BCUT2D eigenvalue weighted by atomic mass is 10.1. The lowest BCUT2D eigenvalue weighted by molar-refractivity contribution is 0.545. The van der Waals surface area contributed by atoms with Crippen molar-refractivity contribution in [2.45, 2.75) is 26.2 Å². The number of hydrogen-bond donors (Lipinski definition) is 0. The third kappa shape index (κ3) is 2.34. The van der Waals surface area contributed by atoms with Crippen molar-refractivity contribution in [1.82, 2.24) is 9.97 Å². The Balaban J connectivity index is 2.38. The largest absolute Gasteiger partial charge is 0.460 e. The van der Waals surface area contributed by atoms with E-state index in [0.29, 0.717) is 18.0 Å². The quantitative estimate of drug-likeness (QED) is 0.808. The summed E-state index contributed by atoms with van der Waals surface area (Å²) in [5.74, 6) is 1.85. The van der Waals surface area contributed by atoms with Crippen LogP contribution < -0.4 is 0 Å². The van der Waals surface area contributed by atoms with Crippen LogP contribution in [0.15, 0.2) is 28.8 Å². The third-order valence-corrected chi connectivity index (χ3v) is 2.54. The van der Waals surface area contributed by atoms with Gasteiger partial charge in [-0.1, -0.05) is 6.92 Å². The molecule has 2 aromatic heterocycles. The van der Waals surface area contributed by atoms with Crippen LogP contribution in [-0.2, 0) is 0 Å². The van der Waals surface area contributed by atoms with Crippen molar-refractivity contribution in [2.75, 3.05) is 0 Å². The fourth-order valence-electron chi connectivity index (χ4n) is 1.58. The third-order valence-electron chi connectivity index (χ3n) is 2.54. The SMILES string of the molecule is CCC(C#N)c1nccc(-c2ccc(C)o2)n1. The number of nitriles is 1. The summed E-state index contributed by atoms with van der Waals surface area (Å²) >= 11 is 0. The molecule has 0 fully saturated rings. The van der Waals surface area contributed by atoms with Gasteiger partial charge in [0.15, 0.2) is 5.76 Å². The minimum absolute atomic E-state index is 0.258. The molecule has 2 heterocycles. The summed E-state index contributed by atoms with van der Waals surface area (Å²) in [5.41, 5.74) is 0.719. The van der Waals surface area contributed by atoms with Gasteiger partial charge in [0.25, 0.3) is 0 Å². The van der Waals surface area contributed by atoms with Crippen LogP contribution in [0.4, 0.5) is 0 Å². The second kappa shape index (κ2) is 4.79. The van der Waals surface area contributed by atoms with E-state index in [0.717, 1.165) is 11.5 Å². The molecule has 0 amide bonds. The molecule has 1 atom stereocenters. The molecule has 0 spiro atoms. The summed E-state index contributed by atoms with van der Waals surface area (Å²) in [4.78, 5) is 8.51. The normalized spacial score (nSPS) is 12.1. The van der Waals surface area contributed by atoms with Gasteiger partial charge in [0.1, 0.15) is 23.2 Å². The summed E-state index contributed by atoms with van der Waals surface area (Å²) in [6.07, 6.45) is 2.37. The maximum atomic E-state index is 8.99. The minimum Gasteiger partial charge on any atom is -0.460 e. The molecule has 0 N–H and O–H groups in total. The molecule has 17 heavy (non-hydrogen) atoms. The molecule has 86 valence electrons. The summed E-state index contributed by atoms with van der Waals surface area (Å²) in [6.45, 7) is 3.83. The van der Waals surface area contributed by atoms with Crippen LogP contribution in [0.5, 0.6) is 0 Å². The lowest BCUT2D eigenvalue weighted by Crippen LogP contribution is -2.01. The Morgan fingerprint density at radius 2 is 2.24 bits per heavy atom. The fourth-order valence-corrected chi connectivity index (χ4v) is 1.58. The second-order valence-corrected chi connectivity index (χ2v) is 3.80. The van der Waals surface area contributed by atoms with Crippen molar-refractivity contribution in [2.24, 2.45) is 0 Å². The summed E-state index contributed by atoms with van der Waals surface area (Å²) in [7, 11) is 0. The van der Waals surface area contributed by atoms with E-state index in [1.54, 1.807) is 12.3 Å². The molecule has 0 bridgehead atoms. The van der Waals surface area contributed by atoms with Crippen LogP contribution in [0.3, 0.4) is 0 Å². The van der Waals surface area contributed by atoms with Crippen molar-refractivity contribution in [3.8, 4) is 17.5 Å². The monoisotopic (exact) mass is 227 g/mol. The highest BCUT2D eigenvalue weighted by Crippen LogP contribution is 2.22. The average Bonchev–Trinajstić information content (AvgIpc) is 2.78. The molecule has 0 saturated heterocycles. The Morgan fingerprint density at radius 1 is 1.41 bits per heavy atom. The molecular formula is C13H13N3O. The van der Waals surface area contributed by atoms with E-state index in [4.69, 9.17) is 9.68 Å². The summed E-state index contributed by atoms with van der Waals surface area (Å²) in [5, 5.41) is 8.99. The van der Waals surface area contributed by atoms with E-state index in [-0.39, 0.29) is 5.92 Å². The van der Waals surface area contributed by atoms with Gasteiger partial charge in [-0.3, -0.25) is 0 Å². The fraction of sp³-hybridized carbons (Fsp3) is 0.308. The van der Waals surface area contributed by atoms with Gasteiger partial charge >= 0.3 is 0 Å². The molecule has 0 aliphatic heterocycles.